The SMILES string of the molecule is CC(=O)NCC(=O)N1CCN(Cc2ccc(C(N)=O)cc2)CC1. The first kappa shape index (κ1) is 17.0. The molecular formula is C16H22N4O3. The van der Waals surface area contributed by atoms with E-state index in [1.54, 1.807) is 17.0 Å². The van der Waals surface area contributed by atoms with Crippen LogP contribution >= 0.6 is 0 Å². The summed E-state index contributed by atoms with van der Waals surface area (Å²) in [4.78, 5) is 37.8. The van der Waals surface area contributed by atoms with Crippen LogP contribution in [0.25, 0.3) is 0 Å². The third kappa shape index (κ3) is 5.07. The molecule has 1 aliphatic rings. The number of piperazine rings is 1. The average Bonchev–Trinajstić information content (AvgIpc) is 2.54. The number of hydrogen-bond acceptors (Lipinski definition) is 4. The number of amides is 3. The van der Waals surface area contributed by atoms with Gasteiger partial charge >= 0.3 is 0 Å². The van der Waals surface area contributed by atoms with Crippen LogP contribution in [0, 0.1) is 0 Å². The first-order chi connectivity index (χ1) is 11.0. The van der Waals surface area contributed by atoms with Gasteiger partial charge < -0.3 is 16.0 Å². The molecule has 1 aromatic rings. The molecule has 2 rings (SSSR count). The zero-order valence-corrected chi connectivity index (χ0v) is 13.2. The van der Waals surface area contributed by atoms with Gasteiger partial charge in [-0.25, -0.2) is 0 Å². The van der Waals surface area contributed by atoms with Crippen LogP contribution < -0.4 is 11.1 Å². The van der Waals surface area contributed by atoms with Crippen LogP contribution in [0.4, 0.5) is 0 Å². The van der Waals surface area contributed by atoms with Crippen molar-refractivity contribution in [1.82, 2.24) is 15.1 Å². The van der Waals surface area contributed by atoms with Crippen molar-refractivity contribution in [3.8, 4) is 0 Å². The van der Waals surface area contributed by atoms with Gasteiger partial charge in [0.1, 0.15) is 0 Å². The first-order valence-electron chi connectivity index (χ1n) is 7.59. The van der Waals surface area contributed by atoms with Gasteiger partial charge in [0.2, 0.25) is 17.7 Å². The number of nitrogens with two attached hydrogens (primary N) is 1. The minimum absolute atomic E-state index is 0.0503. The predicted octanol–water partition coefficient (Wildman–Crippen LogP) is -0.434. The third-order valence-corrected chi connectivity index (χ3v) is 3.86. The highest BCUT2D eigenvalue weighted by Crippen LogP contribution is 2.10. The van der Waals surface area contributed by atoms with Gasteiger partial charge in [-0.2, -0.15) is 0 Å². The van der Waals surface area contributed by atoms with Gasteiger partial charge in [-0.15, -0.1) is 0 Å². The Kier molecular flexibility index (Phi) is 5.70. The van der Waals surface area contributed by atoms with Gasteiger partial charge in [-0.3, -0.25) is 19.3 Å². The second-order valence-electron chi connectivity index (χ2n) is 5.63. The predicted molar refractivity (Wildman–Crippen MR) is 85.5 cm³/mol. The molecule has 7 heteroatoms. The molecule has 0 unspecified atom stereocenters. The molecule has 0 radical (unpaired) electrons. The molecule has 1 fully saturated rings. The summed E-state index contributed by atoms with van der Waals surface area (Å²) in [6, 6.07) is 7.25. The molecule has 1 aromatic carbocycles. The van der Waals surface area contributed by atoms with Crippen molar-refractivity contribution in [1.29, 1.82) is 0 Å². The summed E-state index contributed by atoms with van der Waals surface area (Å²) in [5.74, 6) is -0.676. The van der Waals surface area contributed by atoms with Gasteiger partial charge in [-0.05, 0) is 17.7 Å². The fourth-order valence-electron chi connectivity index (χ4n) is 2.50. The van der Waals surface area contributed by atoms with E-state index >= 15 is 0 Å². The molecule has 0 aliphatic carbocycles. The number of hydrogen-bond donors (Lipinski definition) is 2. The van der Waals surface area contributed by atoms with E-state index in [-0.39, 0.29) is 18.4 Å². The molecule has 1 aliphatic heterocycles. The smallest absolute Gasteiger partial charge is 0.248 e. The van der Waals surface area contributed by atoms with E-state index in [0.29, 0.717) is 18.7 Å². The van der Waals surface area contributed by atoms with Crippen molar-refractivity contribution in [3.05, 3.63) is 35.4 Å². The van der Waals surface area contributed by atoms with Crippen LogP contribution in [0.15, 0.2) is 24.3 Å². The quantitative estimate of drug-likeness (QED) is 0.770. The van der Waals surface area contributed by atoms with Gasteiger partial charge in [0.15, 0.2) is 0 Å². The lowest BCUT2D eigenvalue weighted by molar-refractivity contribution is -0.134. The number of primary amides is 1. The van der Waals surface area contributed by atoms with Crippen molar-refractivity contribution in [3.63, 3.8) is 0 Å². The monoisotopic (exact) mass is 318 g/mol. The highest BCUT2D eigenvalue weighted by atomic mass is 16.2. The lowest BCUT2D eigenvalue weighted by atomic mass is 10.1. The van der Waals surface area contributed by atoms with E-state index < -0.39 is 5.91 Å². The molecule has 0 aromatic heterocycles. The Morgan fingerprint density at radius 3 is 2.22 bits per heavy atom. The molecule has 0 saturated carbocycles. The van der Waals surface area contributed by atoms with Crippen molar-refractivity contribution in [2.24, 2.45) is 5.73 Å². The fraction of sp³-hybridized carbons (Fsp3) is 0.438. The molecule has 124 valence electrons. The van der Waals surface area contributed by atoms with Crippen LogP contribution in [-0.2, 0) is 16.1 Å². The molecule has 3 N–H and O–H groups in total. The summed E-state index contributed by atoms with van der Waals surface area (Å²) in [5, 5.41) is 2.53. The Morgan fingerprint density at radius 2 is 1.70 bits per heavy atom. The zero-order chi connectivity index (χ0) is 16.8. The second kappa shape index (κ2) is 7.73. The number of rotatable bonds is 5. The third-order valence-electron chi connectivity index (χ3n) is 3.86. The number of nitrogens with one attached hydrogen (secondary N) is 1. The zero-order valence-electron chi connectivity index (χ0n) is 13.2. The summed E-state index contributed by atoms with van der Waals surface area (Å²) in [7, 11) is 0. The van der Waals surface area contributed by atoms with Crippen molar-refractivity contribution in [2.45, 2.75) is 13.5 Å². The fourth-order valence-corrected chi connectivity index (χ4v) is 2.50. The summed E-state index contributed by atoms with van der Waals surface area (Å²) in [6.07, 6.45) is 0. The Labute approximate surface area is 135 Å². The van der Waals surface area contributed by atoms with Crippen LogP contribution in [0.3, 0.4) is 0 Å². The minimum Gasteiger partial charge on any atom is -0.366 e. The van der Waals surface area contributed by atoms with E-state index in [9.17, 15) is 14.4 Å². The maximum Gasteiger partial charge on any atom is 0.248 e. The summed E-state index contributed by atoms with van der Waals surface area (Å²) in [5.41, 5.74) is 6.83. The van der Waals surface area contributed by atoms with Crippen LogP contribution in [-0.4, -0.2) is 60.2 Å². The van der Waals surface area contributed by atoms with E-state index in [1.165, 1.54) is 6.92 Å². The molecule has 0 bridgehead atoms. The largest absolute Gasteiger partial charge is 0.366 e. The lowest BCUT2D eigenvalue weighted by Crippen LogP contribution is -2.50. The molecule has 3 amide bonds. The van der Waals surface area contributed by atoms with Gasteiger partial charge in [-0.1, -0.05) is 12.1 Å². The first-order valence-corrected chi connectivity index (χ1v) is 7.59. The summed E-state index contributed by atoms with van der Waals surface area (Å²) < 4.78 is 0. The van der Waals surface area contributed by atoms with E-state index in [0.717, 1.165) is 25.2 Å². The molecule has 1 saturated heterocycles. The van der Waals surface area contributed by atoms with E-state index in [4.69, 9.17) is 5.73 Å². The molecule has 0 spiro atoms. The maximum atomic E-state index is 11.9. The van der Waals surface area contributed by atoms with Crippen LogP contribution in [0.5, 0.6) is 0 Å². The standard InChI is InChI=1S/C16H22N4O3/c1-12(21)18-10-15(22)20-8-6-19(7-9-20)11-13-2-4-14(5-3-13)16(17)23/h2-5H,6-11H2,1H3,(H2,17,23)(H,18,21). The van der Waals surface area contributed by atoms with Crippen molar-refractivity contribution < 1.29 is 14.4 Å². The lowest BCUT2D eigenvalue weighted by Gasteiger charge is -2.34. The number of carbonyl (C=O) groups is 3. The molecule has 7 nitrogen and oxygen atoms in total. The van der Waals surface area contributed by atoms with E-state index in [2.05, 4.69) is 10.2 Å². The number of benzene rings is 1. The minimum atomic E-state index is -0.428. The van der Waals surface area contributed by atoms with Crippen LogP contribution in [0.2, 0.25) is 0 Å². The maximum absolute atomic E-state index is 11.9. The topological polar surface area (TPSA) is 95.7 Å². The number of carbonyl (C=O) groups excluding carboxylic acids is 3. The average molecular weight is 318 g/mol. The van der Waals surface area contributed by atoms with Crippen molar-refractivity contribution in [2.75, 3.05) is 32.7 Å². The highest BCUT2D eigenvalue weighted by molar-refractivity contribution is 5.92. The molecule has 23 heavy (non-hydrogen) atoms. The van der Waals surface area contributed by atoms with Gasteiger partial charge in [0.05, 0.1) is 6.54 Å². The molecular weight excluding hydrogens is 296 g/mol. The van der Waals surface area contributed by atoms with Gasteiger partial charge in [0.25, 0.3) is 0 Å². The molecule has 1 heterocycles. The molecule has 0 atom stereocenters. The second-order valence-corrected chi connectivity index (χ2v) is 5.63. The Bertz CT molecular complexity index is 577. The number of nitrogens with zero attached hydrogens (tertiary/aromatic N) is 2. The van der Waals surface area contributed by atoms with E-state index in [1.807, 2.05) is 12.1 Å². The Morgan fingerprint density at radius 1 is 1.09 bits per heavy atom. The van der Waals surface area contributed by atoms with Gasteiger partial charge in [0, 0.05) is 45.2 Å². The van der Waals surface area contributed by atoms with Crippen molar-refractivity contribution >= 4 is 17.7 Å². The Balaban J connectivity index is 1.79. The Hall–Kier alpha value is -2.41. The summed E-state index contributed by atoms with van der Waals surface area (Å²) >= 11 is 0. The highest BCUT2D eigenvalue weighted by Gasteiger charge is 2.21. The normalized spacial score (nSPS) is 15.3. The summed E-state index contributed by atoms with van der Waals surface area (Å²) in [6.45, 7) is 5.09. The van der Waals surface area contributed by atoms with Crippen LogP contribution in [0.1, 0.15) is 22.8 Å².